The quantitative estimate of drug-likeness (QED) is 0.292. The Morgan fingerprint density at radius 2 is 1.79 bits per heavy atom. The van der Waals surface area contributed by atoms with Gasteiger partial charge < -0.3 is 18.9 Å². The average molecular weight is 464 g/mol. The number of H-pyrrole nitrogens is 1. The summed E-state index contributed by atoms with van der Waals surface area (Å²) < 4.78 is 16.8. The molecule has 0 aliphatic carbocycles. The number of methoxy groups -OCH3 is 2. The standard InChI is InChI=1S/C25H25N3O4S/c1-15-19(13-17-9-6-5-7-10-17)23(29)28-25(26-15)33-14-20-16(2)32-24(27-20)18-11-8-12-21(30-3)22(18)31-4/h5-12H,13-14H2,1-4H3,(H,26,28,29). The first kappa shape index (κ1) is 22.7. The van der Waals surface area contributed by atoms with Gasteiger partial charge >= 0.3 is 0 Å². The fourth-order valence-corrected chi connectivity index (χ4v) is 4.44. The number of oxazole rings is 1. The molecule has 0 radical (unpaired) electrons. The zero-order valence-electron chi connectivity index (χ0n) is 19.0. The highest BCUT2D eigenvalue weighted by molar-refractivity contribution is 7.98. The number of aromatic amines is 1. The molecule has 0 aliphatic heterocycles. The number of nitrogens with one attached hydrogen (secondary N) is 1. The Balaban J connectivity index is 1.53. The van der Waals surface area contributed by atoms with Crippen LogP contribution >= 0.6 is 11.8 Å². The van der Waals surface area contributed by atoms with E-state index < -0.39 is 0 Å². The molecule has 0 unspecified atom stereocenters. The van der Waals surface area contributed by atoms with Crippen LogP contribution in [0, 0.1) is 13.8 Å². The van der Waals surface area contributed by atoms with Gasteiger partial charge in [0.2, 0.25) is 5.89 Å². The first-order valence-electron chi connectivity index (χ1n) is 10.4. The Kier molecular flexibility index (Phi) is 6.84. The van der Waals surface area contributed by atoms with Crippen LogP contribution in [0.2, 0.25) is 0 Å². The number of para-hydroxylation sites is 1. The third-order valence-corrected chi connectivity index (χ3v) is 6.18. The van der Waals surface area contributed by atoms with Gasteiger partial charge in [0.15, 0.2) is 16.7 Å². The number of aromatic nitrogens is 3. The maximum absolute atomic E-state index is 12.7. The van der Waals surface area contributed by atoms with E-state index in [1.165, 1.54) is 11.8 Å². The minimum Gasteiger partial charge on any atom is -0.493 e. The van der Waals surface area contributed by atoms with Gasteiger partial charge in [-0.2, -0.15) is 0 Å². The minimum atomic E-state index is -0.118. The lowest BCUT2D eigenvalue weighted by atomic mass is 10.1. The normalized spacial score (nSPS) is 10.9. The fraction of sp³-hybridized carbons (Fsp3) is 0.240. The van der Waals surface area contributed by atoms with Crippen molar-refractivity contribution in [3.8, 4) is 23.0 Å². The van der Waals surface area contributed by atoms with Gasteiger partial charge in [-0.3, -0.25) is 4.79 Å². The van der Waals surface area contributed by atoms with Crippen molar-refractivity contribution in [3.63, 3.8) is 0 Å². The van der Waals surface area contributed by atoms with Gasteiger partial charge in [-0.25, -0.2) is 9.97 Å². The molecule has 0 fully saturated rings. The number of hydrogen-bond donors (Lipinski definition) is 1. The van der Waals surface area contributed by atoms with Crippen molar-refractivity contribution >= 4 is 11.8 Å². The van der Waals surface area contributed by atoms with Gasteiger partial charge in [0.05, 0.1) is 25.5 Å². The van der Waals surface area contributed by atoms with Gasteiger partial charge in [0.25, 0.3) is 5.56 Å². The highest BCUT2D eigenvalue weighted by Crippen LogP contribution is 2.38. The van der Waals surface area contributed by atoms with Crippen LogP contribution in [0.5, 0.6) is 11.5 Å². The lowest BCUT2D eigenvalue weighted by Crippen LogP contribution is -2.17. The van der Waals surface area contributed by atoms with E-state index in [1.807, 2.05) is 62.4 Å². The average Bonchev–Trinajstić information content (AvgIpc) is 3.20. The Hall–Kier alpha value is -3.52. The lowest BCUT2D eigenvalue weighted by molar-refractivity contribution is 0.355. The van der Waals surface area contributed by atoms with Gasteiger partial charge in [-0.05, 0) is 31.5 Å². The topological polar surface area (TPSA) is 90.2 Å². The molecule has 7 nitrogen and oxygen atoms in total. The van der Waals surface area contributed by atoms with E-state index in [4.69, 9.17) is 13.9 Å². The molecule has 0 amide bonds. The molecule has 4 aromatic rings. The van der Waals surface area contributed by atoms with Crippen molar-refractivity contribution in [1.29, 1.82) is 0 Å². The van der Waals surface area contributed by atoms with Crippen molar-refractivity contribution in [2.24, 2.45) is 0 Å². The molecule has 170 valence electrons. The number of aryl methyl sites for hydroxylation is 2. The first-order chi connectivity index (χ1) is 16.0. The molecular weight excluding hydrogens is 438 g/mol. The molecule has 0 bridgehead atoms. The molecule has 0 aliphatic rings. The van der Waals surface area contributed by atoms with Crippen LogP contribution in [0.15, 0.2) is 62.9 Å². The van der Waals surface area contributed by atoms with E-state index >= 15 is 0 Å². The summed E-state index contributed by atoms with van der Waals surface area (Å²) in [5.41, 5.74) is 3.84. The molecule has 0 saturated carbocycles. The van der Waals surface area contributed by atoms with Gasteiger partial charge in [-0.1, -0.05) is 48.2 Å². The van der Waals surface area contributed by atoms with Crippen LogP contribution in [0.1, 0.15) is 28.3 Å². The summed E-state index contributed by atoms with van der Waals surface area (Å²) in [4.78, 5) is 24.9. The minimum absolute atomic E-state index is 0.118. The Morgan fingerprint density at radius 3 is 2.48 bits per heavy atom. The highest BCUT2D eigenvalue weighted by atomic mass is 32.2. The Morgan fingerprint density at radius 1 is 1.00 bits per heavy atom. The van der Waals surface area contributed by atoms with Crippen molar-refractivity contribution < 1.29 is 13.9 Å². The number of rotatable bonds is 8. The lowest BCUT2D eigenvalue weighted by Gasteiger charge is -2.09. The molecule has 33 heavy (non-hydrogen) atoms. The maximum Gasteiger partial charge on any atom is 0.255 e. The SMILES string of the molecule is COc1cccc(-c2nc(CSc3nc(C)c(Cc4ccccc4)c(=O)[nH]3)c(C)o2)c1OC. The summed E-state index contributed by atoms with van der Waals surface area (Å²) in [7, 11) is 3.17. The van der Waals surface area contributed by atoms with Crippen LogP contribution in [-0.2, 0) is 12.2 Å². The number of thioether (sulfide) groups is 1. The molecular formula is C25H25N3O4S. The second-order valence-electron chi connectivity index (χ2n) is 7.45. The third-order valence-electron chi connectivity index (χ3n) is 5.30. The summed E-state index contributed by atoms with van der Waals surface area (Å²) in [5, 5.41) is 0.553. The summed E-state index contributed by atoms with van der Waals surface area (Å²) in [6, 6.07) is 15.4. The summed E-state index contributed by atoms with van der Waals surface area (Å²) in [6.45, 7) is 3.73. The van der Waals surface area contributed by atoms with Crippen LogP contribution < -0.4 is 15.0 Å². The van der Waals surface area contributed by atoms with Crippen molar-refractivity contribution in [2.75, 3.05) is 14.2 Å². The number of nitrogens with zero attached hydrogens (tertiary/aromatic N) is 2. The molecule has 0 saturated heterocycles. The summed E-state index contributed by atoms with van der Waals surface area (Å²) in [5.74, 6) is 2.82. The second-order valence-corrected chi connectivity index (χ2v) is 8.41. The zero-order valence-corrected chi connectivity index (χ0v) is 19.8. The zero-order chi connectivity index (χ0) is 23.4. The smallest absolute Gasteiger partial charge is 0.255 e. The first-order valence-corrected chi connectivity index (χ1v) is 11.4. The largest absolute Gasteiger partial charge is 0.493 e. The van der Waals surface area contributed by atoms with E-state index in [9.17, 15) is 4.79 Å². The fourth-order valence-electron chi connectivity index (χ4n) is 3.53. The summed E-state index contributed by atoms with van der Waals surface area (Å²) >= 11 is 1.41. The van der Waals surface area contributed by atoms with Crippen LogP contribution in [-0.4, -0.2) is 29.2 Å². The van der Waals surface area contributed by atoms with Crippen LogP contribution in [0.25, 0.3) is 11.5 Å². The number of hydrogen-bond acceptors (Lipinski definition) is 7. The predicted octanol–water partition coefficient (Wildman–Crippen LogP) is 4.94. The number of ether oxygens (including phenoxy) is 2. The van der Waals surface area contributed by atoms with Crippen molar-refractivity contribution in [2.45, 2.75) is 31.2 Å². The highest BCUT2D eigenvalue weighted by Gasteiger charge is 2.19. The Labute approximate surface area is 196 Å². The molecule has 2 heterocycles. The second kappa shape index (κ2) is 9.95. The van der Waals surface area contributed by atoms with E-state index in [-0.39, 0.29) is 5.56 Å². The monoisotopic (exact) mass is 463 g/mol. The van der Waals surface area contributed by atoms with E-state index in [2.05, 4.69) is 15.0 Å². The van der Waals surface area contributed by atoms with Crippen LogP contribution in [0.3, 0.4) is 0 Å². The summed E-state index contributed by atoms with van der Waals surface area (Å²) in [6.07, 6.45) is 0.550. The van der Waals surface area contributed by atoms with Crippen molar-refractivity contribution in [3.05, 3.63) is 87.2 Å². The van der Waals surface area contributed by atoms with E-state index in [1.54, 1.807) is 14.2 Å². The molecule has 2 aromatic carbocycles. The van der Waals surface area contributed by atoms with Gasteiger partial charge in [-0.15, -0.1) is 0 Å². The third kappa shape index (κ3) is 4.96. The predicted molar refractivity (Wildman–Crippen MR) is 128 cm³/mol. The molecule has 2 aromatic heterocycles. The van der Waals surface area contributed by atoms with Gasteiger partial charge in [0, 0.05) is 23.4 Å². The van der Waals surface area contributed by atoms with E-state index in [0.29, 0.717) is 51.6 Å². The van der Waals surface area contributed by atoms with Gasteiger partial charge in [0.1, 0.15) is 5.76 Å². The number of benzene rings is 2. The molecule has 0 atom stereocenters. The Bertz CT molecular complexity index is 1320. The molecule has 0 spiro atoms. The van der Waals surface area contributed by atoms with Crippen LogP contribution in [0.4, 0.5) is 0 Å². The molecule has 4 rings (SSSR count). The van der Waals surface area contributed by atoms with E-state index in [0.717, 1.165) is 17.0 Å². The van der Waals surface area contributed by atoms with Crippen molar-refractivity contribution in [1.82, 2.24) is 15.0 Å². The molecule has 1 N–H and O–H groups in total. The maximum atomic E-state index is 12.7. The molecule has 8 heteroatoms.